The summed E-state index contributed by atoms with van der Waals surface area (Å²) in [6.07, 6.45) is 3.74. The van der Waals surface area contributed by atoms with Gasteiger partial charge in [-0.15, -0.1) is 0 Å². The molecule has 1 heterocycles. The van der Waals surface area contributed by atoms with E-state index < -0.39 is 6.10 Å². The Balaban J connectivity index is 2.29. The van der Waals surface area contributed by atoms with Crippen molar-refractivity contribution in [3.8, 4) is 0 Å². The number of aliphatic hydroxyl groups excluding tert-OH is 1. The van der Waals surface area contributed by atoms with E-state index in [0.717, 1.165) is 17.5 Å². The van der Waals surface area contributed by atoms with Crippen LogP contribution in [-0.4, -0.2) is 15.3 Å². The van der Waals surface area contributed by atoms with Crippen LogP contribution < -0.4 is 0 Å². The first-order valence-corrected chi connectivity index (χ1v) is 5.07. The van der Waals surface area contributed by atoms with Gasteiger partial charge in [-0.3, -0.25) is 5.10 Å². The molecule has 2 N–H and O–H groups in total. The zero-order chi connectivity index (χ0) is 10.7. The standard InChI is InChI=1S/C12H14N2O/c1-2-9-4-3-5-10(6-9)12(15)11-7-13-14-8-11/h3-8,12,15H,2H2,1H3,(H,13,14). The van der Waals surface area contributed by atoms with Gasteiger partial charge in [-0.2, -0.15) is 5.10 Å². The van der Waals surface area contributed by atoms with Crippen molar-refractivity contribution < 1.29 is 5.11 Å². The van der Waals surface area contributed by atoms with Gasteiger partial charge in [0.25, 0.3) is 0 Å². The number of H-pyrrole nitrogens is 1. The highest BCUT2D eigenvalue weighted by molar-refractivity contribution is 5.30. The quantitative estimate of drug-likeness (QED) is 0.800. The van der Waals surface area contributed by atoms with Crippen molar-refractivity contribution in [2.24, 2.45) is 0 Å². The van der Waals surface area contributed by atoms with Gasteiger partial charge in [-0.05, 0) is 17.5 Å². The first-order valence-electron chi connectivity index (χ1n) is 5.07. The van der Waals surface area contributed by atoms with E-state index in [1.54, 1.807) is 12.4 Å². The van der Waals surface area contributed by atoms with E-state index in [1.807, 2.05) is 18.2 Å². The molecule has 0 fully saturated rings. The summed E-state index contributed by atoms with van der Waals surface area (Å²) in [6, 6.07) is 7.98. The molecule has 1 unspecified atom stereocenters. The largest absolute Gasteiger partial charge is 0.384 e. The van der Waals surface area contributed by atoms with Crippen LogP contribution in [0.25, 0.3) is 0 Å². The third kappa shape index (κ3) is 2.07. The van der Waals surface area contributed by atoms with Crippen molar-refractivity contribution in [3.63, 3.8) is 0 Å². The smallest absolute Gasteiger partial charge is 0.107 e. The Kier molecular flexibility index (Phi) is 2.83. The van der Waals surface area contributed by atoms with Crippen molar-refractivity contribution in [2.75, 3.05) is 0 Å². The molecule has 1 atom stereocenters. The normalized spacial score (nSPS) is 12.7. The Bertz CT molecular complexity index is 423. The van der Waals surface area contributed by atoms with Gasteiger partial charge in [0.05, 0.1) is 6.20 Å². The van der Waals surface area contributed by atoms with E-state index in [4.69, 9.17) is 0 Å². The molecule has 15 heavy (non-hydrogen) atoms. The highest BCUT2D eigenvalue weighted by Crippen LogP contribution is 2.21. The SMILES string of the molecule is CCc1cccc(C(O)c2cn[nH]c2)c1. The molecule has 0 amide bonds. The average Bonchev–Trinajstić information content (AvgIpc) is 2.81. The van der Waals surface area contributed by atoms with Gasteiger partial charge in [0.2, 0.25) is 0 Å². The molecule has 0 aliphatic rings. The first-order chi connectivity index (χ1) is 7.31. The third-order valence-corrected chi connectivity index (χ3v) is 2.51. The van der Waals surface area contributed by atoms with Gasteiger partial charge >= 0.3 is 0 Å². The maximum Gasteiger partial charge on any atom is 0.107 e. The summed E-state index contributed by atoms with van der Waals surface area (Å²) in [5, 5.41) is 16.6. The number of nitrogens with zero attached hydrogens (tertiary/aromatic N) is 1. The van der Waals surface area contributed by atoms with Crippen LogP contribution in [0.3, 0.4) is 0 Å². The maximum atomic E-state index is 10.0. The summed E-state index contributed by atoms with van der Waals surface area (Å²) >= 11 is 0. The molecule has 0 aliphatic heterocycles. The van der Waals surface area contributed by atoms with Crippen molar-refractivity contribution in [1.82, 2.24) is 10.2 Å². The number of aryl methyl sites for hydroxylation is 1. The molecule has 0 spiro atoms. The molecule has 2 aromatic rings. The number of nitrogens with one attached hydrogen (secondary N) is 1. The summed E-state index contributed by atoms with van der Waals surface area (Å²) in [6.45, 7) is 2.10. The number of aliphatic hydroxyl groups is 1. The fraction of sp³-hybridized carbons (Fsp3) is 0.250. The summed E-state index contributed by atoms with van der Waals surface area (Å²) in [4.78, 5) is 0. The topological polar surface area (TPSA) is 48.9 Å². The van der Waals surface area contributed by atoms with Crippen LogP contribution in [0.15, 0.2) is 36.7 Å². The van der Waals surface area contributed by atoms with Gasteiger partial charge in [0.15, 0.2) is 0 Å². The van der Waals surface area contributed by atoms with Crippen LogP contribution in [-0.2, 0) is 6.42 Å². The van der Waals surface area contributed by atoms with Crippen LogP contribution in [0.1, 0.15) is 29.7 Å². The van der Waals surface area contributed by atoms with Gasteiger partial charge in [-0.1, -0.05) is 31.2 Å². The number of hydrogen-bond acceptors (Lipinski definition) is 2. The van der Waals surface area contributed by atoms with Crippen molar-refractivity contribution >= 4 is 0 Å². The van der Waals surface area contributed by atoms with Crippen LogP contribution in [0.2, 0.25) is 0 Å². The number of aromatic amines is 1. The summed E-state index contributed by atoms with van der Waals surface area (Å²) in [5.74, 6) is 0. The van der Waals surface area contributed by atoms with Crippen LogP contribution >= 0.6 is 0 Å². The van der Waals surface area contributed by atoms with Gasteiger partial charge < -0.3 is 5.11 Å². The molecule has 78 valence electrons. The maximum absolute atomic E-state index is 10.0. The predicted octanol–water partition coefficient (Wildman–Crippen LogP) is 2.05. The van der Waals surface area contributed by atoms with E-state index in [0.29, 0.717) is 0 Å². The van der Waals surface area contributed by atoms with E-state index in [-0.39, 0.29) is 0 Å². The number of aromatic nitrogens is 2. The summed E-state index contributed by atoms with van der Waals surface area (Å²) in [7, 11) is 0. The zero-order valence-electron chi connectivity index (χ0n) is 8.64. The Morgan fingerprint density at radius 2 is 2.27 bits per heavy atom. The zero-order valence-corrected chi connectivity index (χ0v) is 8.64. The molecular weight excluding hydrogens is 188 g/mol. The molecule has 0 saturated carbocycles. The molecule has 1 aromatic heterocycles. The van der Waals surface area contributed by atoms with Gasteiger partial charge in [0, 0.05) is 11.8 Å². The average molecular weight is 202 g/mol. The first kappa shape index (κ1) is 9.93. The molecule has 2 rings (SSSR count). The second-order valence-corrected chi connectivity index (χ2v) is 3.53. The monoisotopic (exact) mass is 202 g/mol. The lowest BCUT2D eigenvalue weighted by molar-refractivity contribution is 0.220. The Morgan fingerprint density at radius 1 is 1.40 bits per heavy atom. The molecule has 3 nitrogen and oxygen atoms in total. The minimum Gasteiger partial charge on any atom is -0.384 e. The second kappa shape index (κ2) is 4.28. The van der Waals surface area contributed by atoms with Crippen molar-refractivity contribution in [3.05, 3.63) is 53.3 Å². The molecule has 0 bridgehead atoms. The fourth-order valence-corrected chi connectivity index (χ4v) is 1.59. The predicted molar refractivity (Wildman–Crippen MR) is 58.5 cm³/mol. The summed E-state index contributed by atoms with van der Waals surface area (Å²) in [5.41, 5.74) is 2.94. The van der Waals surface area contributed by atoms with Crippen molar-refractivity contribution in [1.29, 1.82) is 0 Å². The second-order valence-electron chi connectivity index (χ2n) is 3.53. The lowest BCUT2D eigenvalue weighted by Gasteiger charge is -2.09. The van der Waals surface area contributed by atoms with Gasteiger partial charge in [-0.25, -0.2) is 0 Å². The molecule has 1 aromatic carbocycles. The number of hydrogen-bond donors (Lipinski definition) is 2. The van der Waals surface area contributed by atoms with Crippen LogP contribution in [0, 0.1) is 0 Å². The Hall–Kier alpha value is -1.61. The molecule has 0 aliphatic carbocycles. The Labute approximate surface area is 88.8 Å². The van der Waals surface area contributed by atoms with E-state index in [9.17, 15) is 5.11 Å². The highest BCUT2D eigenvalue weighted by atomic mass is 16.3. The molecule has 0 saturated heterocycles. The lowest BCUT2D eigenvalue weighted by Crippen LogP contribution is -1.98. The highest BCUT2D eigenvalue weighted by Gasteiger charge is 2.11. The molecule has 3 heteroatoms. The van der Waals surface area contributed by atoms with E-state index >= 15 is 0 Å². The van der Waals surface area contributed by atoms with Crippen LogP contribution in [0.4, 0.5) is 0 Å². The van der Waals surface area contributed by atoms with Gasteiger partial charge in [0.1, 0.15) is 6.10 Å². The third-order valence-electron chi connectivity index (χ3n) is 2.51. The van der Waals surface area contributed by atoms with Crippen molar-refractivity contribution in [2.45, 2.75) is 19.4 Å². The van der Waals surface area contributed by atoms with Crippen LogP contribution in [0.5, 0.6) is 0 Å². The molecular formula is C12H14N2O. The minimum atomic E-state index is -0.588. The number of benzene rings is 1. The van der Waals surface area contributed by atoms with E-state index in [1.165, 1.54) is 5.56 Å². The summed E-state index contributed by atoms with van der Waals surface area (Å²) < 4.78 is 0. The Morgan fingerprint density at radius 3 is 2.93 bits per heavy atom. The van der Waals surface area contributed by atoms with E-state index in [2.05, 4.69) is 23.2 Å². The minimum absolute atomic E-state index is 0.588. The lowest BCUT2D eigenvalue weighted by atomic mass is 10.0. The molecule has 0 radical (unpaired) electrons. The number of rotatable bonds is 3. The fourth-order valence-electron chi connectivity index (χ4n) is 1.59.